The first-order chi connectivity index (χ1) is 8.56. The van der Waals surface area contributed by atoms with Crippen molar-refractivity contribution in [1.82, 2.24) is 0 Å². The minimum Gasteiger partial charge on any atom is -0.481 e. The van der Waals surface area contributed by atoms with E-state index < -0.39 is 24.5 Å². The van der Waals surface area contributed by atoms with E-state index in [1.54, 1.807) is 0 Å². The molecule has 7 nitrogen and oxygen atoms in total. The lowest BCUT2D eigenvalue weighted by Crippen LogP contribution is -2.53. The second-order valence-corrected chi connectivity index (χ2v) is 4.78. The van der Waals surface area contributed by atoms with E-state index in [1.807, 2.05) is 0 Å². The van der Waals surface area contributed by atoms with Gasteiger partial charge in [0.2, 0.25) is 0 Å². The Morgan fingerprint density at radius 1 is 1.33 bits per heavy atom. The predicted octanol–water partition coefficient (Wildman–Crippen LogP) is -1.48. The number of hydrogen-bond donors (Lipinski definition) is 4. The van der Waals surface area contributed by atoms with Gasteiger partial charge in [-0.3, -0.25) is 4.79 Å². The smallest absolute Gasteiger partial charge is 0.303 e. The average molecular weight is 261 g/mol. The molecule has 5 N–H and O–H groups in total. The lowest BCUT2D eigenvalue weighted by Gasteiger charge is -2.42. The zero-order valence-electron chi connectivity index (χ0n) is 9.94. The van der Waals surface area contributed by atoms with Gasteiger partial charge in [0.1, 0.15) is 0 Å². The first-order valence-corrected chi connectivity index (χ1v) is 6.11. The Balaban J connectivity index is 1.91. The van der Waals surface area contributed by atoms with Crippen molar-refractivity contribution >= 4 is 5.97 Å². The Bertz CT molecular complexity index is 312. The van der Waals surface area contributed by atoms with E-state index in [9.17, 15) is 15.0 Å². The van der Waals surface area contributed by atoms with Crippen molar-refractivity contribution in [3.05, 3.63) is 0 Å². The van der Waals surface area contributed by atoms with Crippen LogP contribution < -0.4 is 5.73 Å². The lowest BCUT2D eigenvalue weighted by molar-refractivity contribution is -0.310. The van der Waals surface area contributed by atoms with Crippen molar-refractivity contribution in [3.63, 3.8) is 0 Å². The molecule has 1 aliphatic heterocycles. The van der Waals surface area contributed by atoms with Gasteiger partial charge in [-0.05, 0) is 6.42 Å². The summed E-state index contributed by atoms with van der Waals surface area (Å²) in [6.07, 6.45) is -2.50. The van der Waals surface area contributed by atoms with Crippen LogP contribution in [0.2, 0.25) is 0 Å². The third kappa shape index (κ3) is 2.36. The molecule has 0 bridgehead atoms. The van der Waals surface area contributed by atoms with Gasteiger partial charge in [-0.25, -0.2) is 0 Å². The molecule has 1 saturated heterocycles. The second kappa shape index (κ2) is 5.50. The molecular weight excluding hydrogens is 242 g/mol. The zero-order valence-corrected chi connectivity index (χ0v) is 9.94. The average Bonchev–Trinajstić information content (AvgIpc) is 2.47. The summed E-state index contributed by atoms with van der Waals surface area (Å²) in [5, 5.41) is 28.4. The van der Waals surface area contributed by atoms with Crippen LogP contribution in [0.5, 0.6) is 0 Å². The van der Waals surface area contributed by atoms with E-state index in [4.69, 9.17) is 20.3 Å². The van der Waals surface area contributed by atoms with Crippen LogP contribution in [0.25, 0.3) is 0 Å². The molecule has 1 saturated carbocycles. The summed E-state index contributed by atoms with van der Waals surface area (Å²) in [6, 6.07) is 0. The Hall–Kier alpha value is -0.730. The molecule has 0 radical (unpaired) electrons. The minimum absolute atomic E-state index is 0.0463. The van der Waals surface area contributed by atoms with Gasteiger partial charge in [-0.1, -0.05) is 0 Å². The summed E-state index contributed by atoms with van der Waals surface area (Å²) in [5.41, 5.74) is 5.31. The van der Waals surface area contributed by atoms with Gasteiger partial charge in [0.25, 0.3) is 0 Å². The number of carbonyl (C=O) groups is 1. The molecular formula is C11H19NO6. The van der Waals surface area contributed by atoms with Gasteiger partial charge in [-0.15, -0.1) is 0 Å². The molecule has 2 fully saturated rings. The van der Waals surface area contributed by atoms with Gasteiger partial charge in [-0.2, -0.15) is 0 Å². The molecule has 0 amide bonds. The first-order valence-electron chi connectivity index (χ1n) is 6.11. The van der Waals surface area contributed by atoms with Crippen LogP contribution in [0.4, 0.5) is 0 Å². The molecule has 0 aromatic heterocycles. The highest BCUT2D eigenvalue weighted by Crippen LogP contribution is 2.47. The topological polar surface area (TPSA) is 122 Å². The number of aliphatic hydroxyl groups excluding tert-OH is 2. The van der Waals surface area contributed by atoms with Crippen molar-refractivity contribution < 1.29 is 29.6 Å². The highest BCUT2D eigenvalue weighted by atomic mass is 16.7. The van der Waals surface area contributed by atoms with Crippen LogP contribution in [-0.4, -0.2) is 59.0 Å². The summed E-state index contributed by atoms with van der Waals surface area (Å²) >= 11 is 0. The molecule has 0 spiro atoms. The van der Waals surface area contributed by atoms with Crippen LogP contribution in [0.3, 0.4) is 0 Å². The molecule has 6 atom stereocenters. The van der Waals surface area contributed by atoms with Gasteiger partial charge < -0.3 is 30.5 Å². The van der Waals surface area contributed by atoms with Crippen molar-refractivity contribution in [3.8, 4) is 0 Å². The van der Waals surface area contributed by atoms with E-state index >= 15 is 0 Å². The molecule has 104 valence electrons. The third-order valence-electron chi connectivity index (χ3n) is 3.68. The number of ether oxygens (including phenoxy) is 2. The monoisotopic (exact) mass is 261 g/mol. The maximum absolute atomic E-state index is 10.5. The molecule has 6 unspecified atom stereocenters. The Labute approximate surface area is 104 Å². The van der Waals surface area contributed by atoms with Crippen LogP contribution in [0.1, 0.15) is 12.8 Å². The number of carboxylic acid groups (broad SMARTS) is 1. The largest absolute Gasteiger partial charge is 0.481 e. The Kier molecular flexibility index (Phi) is 4.18. The summed E-state index contributed by atoms with van der Waals surface area (Å²) in [4.78, 5) is 10.5. The number of carboxylic acids is 1. The van der Waals surface area contributed by atoms with Gasteiger partial charge in [0.05, 0.1) is 30.8 Å². The predicted molar refractivity (Wildman–Crippen MR) is 59.5 cm³/mol. The van der Waals surface area contributed by atoms with Crippen LogP contribution in [0, 0.1) is 11.8 Å². The molecule has 1 heterocycles. The Morgan fingerprint density at radius 2 is 2.06 bits per heavy atom. The fourth-order valence-electron chi connectivity index (χ4n) is 2.78. The maximum atomic E-state index is 10.5. The van der Waals surface area contributed by atoms with Gasteiger partial charge >= 0.3 is 5.97 Å². The second-order valence-electron chi connectivity index (χ2n) is 4.78. The summed E-state index contributed by atoms with van der Waals surface area (Å²) < 4.78 is 10.8. The first kappa shape index (κ1) is 13.7. The minimum atomic E-state index is -0.953. The normalized spacial score (nSPS) is 42.4. The third-order valence-corrected chi connectivity index (χ3v) is 3.68. The van der Waals surface area contributed by atoms with E-state index in [1.165, 1.54) is 0 Å². The number of rotatable bonds is 6. The van der Waals surface area contributed by atoms with Crippen LogP contribution >= 0.6 is 0 Å². The molecule has 1 aliphatic carbocycles. The highest BCUT2D eigenvalue weighted by Gasteiger charge is 2.60. The quantitative estimate of drug-likeness (QED) is 0.460. The number of aliphatic carboxylic acids is 1. The number of nitrogens with two attached hydrogens (primary N) is 1. The molecule has 0 aromatic carbocycles. The molecule has 7 heteroatoms. The van der Waals surface area contributed by atoms with Crippen LogP contribution in [-0.2, 0) is 14.3 Å². The van der Waals surface area contributed by atoms with Gasteiger partial charge in [0, 0.05) is 18.9 Å². The van der Waals surface area contributed by atoms with Crippen molar-refractivity contribution in [2.24, 2.45) is 17.6 Å². The molecule has 2 rings (SSSR count). The van der Waals surface area contributed by atoms with Crippen LogP contribution in [0.15, 0.2) is 0 Å². The molecule has 2 aliphatic rings. The molecule has 18 heavy (non-hydrogen) atoms. The summed E-state index contributed by atoms with van der Waals surface area (Å²) in [7, 11) is 0. The SMILES string of the molecule is NCCOC1OC2C(CCC(=O)O)C(O)C(O)C12. The van der Waals surface area contributed by atoms with Crippen molar-refractivity contribution in [2.45, 2.75) is 37.4 Å². The highest BCUT2D eigenvalue weighted by molar-refractivity contribution is 5.66. The summed E-state index contributed by atoms with van der Waals surface area (Å²) in [5.74, 6) is -1.56. The number of aliphatic hydroxyl groups is 2. The van der Waals surface area contributed by atoms with Crippen molar-refractivity contribution in [1.29, 1.82) is 0 Å². The fourth-order valence-corrected chi connectivity index (χ4v) is 2.78. The van der Waals surface area contributed by atoms with Gasteiger partial charge in [0.15, 0.2) is 6.29 Å². The molecule has 0 aromatic rings. The zero-order chi connectivity index (χ0) is 13.3. The van der Waals surface area contributed by atoms with E-state index in [0.717, 1.165) is 0 Å². The Morgan fingerprint density at radius 3 is 2.67 bits per heavy atom. The number of fused-ring (bicyclic) bond motifs is 1. The maximum Gasteiger partial charge on any atom is 0.303 e. The van der Waals surface area contributed by atoms with E-state index in [2.05, 4.69) is 0 Å². The summed E-state index contributed by atoms with van der Waals surface area (Å²) in [6.45, 7) is 0.689. The van der Waals surface area contributed by atoms with E-state index in [0.29, 0.717) is 19.6 Å². The standard InChI is InChI=1S/C11H19NO6/c12-3-4-17-11-7-9(16)8(15)5(10(7)18-11)1-2-6(13)14/h5,7-11,15-16H,1-4,12H2,(H,13,14). The fraction of sp³-hybridized carbons (Fsp3) is 0.909. The lowest BCUT2D eigenvalue weighted by atomic mass is 9.91. The number of hydrogen-bond acceptors (Lipinski definition) is 6. The van der Waals surface area contributed by atoms with Crippen molar-refractivity contribution in [2.75, 3.05) is 13.2 Å². The van der Waals surface area contributed by atoms with E-state index in [-0.39, 0.29) is 24.4 Å².